The van der Waals surface area contributed by atoms with Gasteiger partial charge in [0.05, 0.1) is 28.2 Å². The van der Waals surface area contributed by atoms with Crippen molar-refractivity contribution in [3.8, 4) is 0 Å². The quantitative estimate of drug-likeness (QED) is 0.592. The summed E-state index contributed by atoms with van der Waals surface area (Å²) in [6, 6.07) is 9.82. The third-order valence-electron chi connectivity index (χ3n) is 6.25. The molecule has 2 amide bonds. The minimum absolute atomic E-state index is 0.00651. The number of carbonyl (C=O) groups is 2. The van der Waals surface area contributed by atoms with Crippen molar-refractivity contribution < 1.29 is 26.4 Å². The molecule has 1 saturated heterocycles. The molecule has 176 valence electrons. The second-order valence-electron chi connectivity index (χ2n) is 8.53. The molecule has 0 radical (unpaired) electrons. The van der Waals surface area contributed by atoms with E-state index in [1.165, 1.54) is 35.2 Å². The van der Waals surface area contributed by atoms with E-state index in [0.717, 1.165) is 12.8 Å². The summed E-state index contributed by atoms with van der Waals surface area (Å²) in [5.74, 6) is -0.880. The zero-order chi connectivity index (χ0) is 24.0. The summed E-state index contributed by atoms with van der Waals surface area (Å²) in [6.45, 7) is 1.67. The number of carbonyl (C=O) groups excluding carboxylic acids is 2. The van der Waals surface area contributed by atoms with Crippen LogP contribution in [-0.2, 0) is 36.2 Å². The van der Waals surface area contributed by atoms with E-state index in [9.17, 15) is 26.4 Å². The predicted octanol–water partition coefficient (Wildman–Crippen LogP) is 2.12. The molecule has 1 aliphatic heterocycles. The summed E-state index contributed by atoms with van der Waals surface area (Å²) < 4.78 is 51.3. The molecule has 3 N–H and O–H groups in total. The molecule has 0 aromatic heterocycles. The molecular formula is C22H25N3O6S2. The first-order chi connectivity index (χ1) is 15.5. The molecule has 0 spiro atoms. The molecule has 1 aliphatic carbocycles. The van der Waals surface area contributed by atoms with Crippen LogP contribution in [0.25, 0.3) is 0 Å². The van der Waals surface area contributed by atoms with E-state index < -0.39 is 20.0 Å². The van der Waals surface area contributed by atoms with Crippen molar-refractivity contribution in [2.24, 2.45) is 17.0 Å². The van der Waals surface area contributed by atoms with E-state index in [4.69, 9.17) is 5.14 Å². The van der Waals surface area contributed by atoms with Crippen LogP contribution in [-0.4, -0.2) is 33.5 Å². The van der Waals surface area contributed by atoms with Gasteiger partial charge in [-0.25, -0.2) is 22.0 Å². The van der Waals surface area contributed by atoms with Crippen LogP contribution in [0.2, 0.25) is 0 Å². The van der Waals surface area contributed by atoms with Crippen LogP contribution in [0.5, 0.6) is 0 Å². The molecule has 9 nitrogen and oxygen atoms in total. The predicted molar refractivity (Wildman–Crippen MR) is 121 cm³/mol. The molecular weight excluding hydrogens is 466 g/mol. The number of anilines is 1. The maximum absolute atomic E-state index is 13.0. The zero-order valence-electron chi connectivity index (χ0n) is 18.0. The van der Waals surface area contributed by atoms with Crippen LogP contribution in [0.1, 0.15) is 36.8 Å². The van der Waals surface area contributed by atoms with Gasteiger partial charge in [-0.1, -0.05) is 25.0 Å². The number of nitrogens with zero attached hydrogens (tertiary/aromatic N) is 1. The Morgan fingerprint density at radius 1 is 0.939 bits per heavy atom. The average molecular weight is 492 g/mol. The minimum atomic E-state index is -4.02. The molecule has 2 aromatic rings. The number of rotatable bonds is 6. The van der Waals surface area contributed by atoms with Crippen molar-refractivity contribution in [3.63, 3.8) is 0 Å². The number of nitrogens with two attached hydrogens (primary N) is 1. The van der Waals surface area contributed by atoms with E-state index in [1.807, 2.05) is 0 Å². The van der Waals surface area contributed by atoms with Gasteiger partial charge < -0.3 is 0 Å². The number of likely N-dealkylation sites (tertiary alicyclic amines) is 1. The molecule has 4 rings (SSSR count). The monoisotopic (exact) mass is 491 g/mol. The Morgan fingerprint density at radius 3 is 2.06 bits per heavy atom. The van der Waals surface area contributed by atoms with Gasteiger partial charge in [-0.05, 0) is 61.2 Å². The highest BCUT2D eigenvalue weighted by molar-refractivity contribution is 7.92. The van der Waals surface area contributed by atoms with Gasteiger partial charge in [0.15, 0.2) is 0 Å². The van der Waals surface area contributed by atoms with Gasteiger partial charge in [-0.3, -0.25) is 19.2 Å². The summed E-state index contributed by atoms with van der Waals surface area (Å²) in [4.78, 5) is 26.7. The number of amides is 2. The summed E-state index contributed by atoms with van der Waals surface area (Å²) in [5.41, 5.74) is 1.19. The van der Waals surface area contributed by atoms with E-state index in [1.54, 1.807) is 19.1 Å². The molecule has 1 heterocycles. The Morgan fingerprint density at radius 2 is 1.52 bits per heavy atom. The topological polar surface area (TPSA) is 144 Å². The lowest BCUT2D eigenvalue weighted by molar-refractivity contribution is -0.140. The van der Waals surface area contributed by atoms with Gasteiger partial charge >= 0.3 is 0 Å². The number of imide groups is 1. The van der Waals surface area contributed by atoms with Crippen LogP contribution in [0.4, 0.5) is 5.69 Å². The second-order valence-corrected chi connectivity index (χ2v) is 11.7. The van der Waals surface area contributed by atoms with Crippen molar-refractivity contribution in [1.82, 2.24) is 4.90 Å². The average Bonchev–Trinajstić information content (AvgIpc) is 2.99. The van der Waals surface area contributed by atoms with Crippen LogP contribution in [0.3, 0.4) is 0 Å². The van der Waals surface area contributed by atoms with Gasteiger partial charge in [-0.15, -0.1) is 0 Å². The Kier molecular flexibility index (Phi) is 6.06. The third kappa shape index (κ3) is 4.66. The number of sulfonamides is 2. The van der Waals surface area contributed by atoms with Crippen molar-refractivity contribution in [2.45, 2.75) is 48.9 Å². The summed E-state index contributed by atoms with van der Waals surface area (Å²) in [5, 5.41) is 5.07. The van der Waals surface area contributed by atoms with Gasteiger partial charge in [0.1, 0.15) is 0 Å². The normalized spacial score (nSPS) is 21.2. The van der Waals surface area contributed by atoms with Gasteiger partial charge in [-0.2, -0.15) is 0 Å². The molecule has 2 fully saturated rings. The lowest BCUT2D eigenvalue weighted by Crippen LogP contribution is -2.30. The molecule has 2 aliphatic rings. The summed E-state index contributed by atoms with van der Waals surface area (Å²) >= 11 is 0. The molecule has 33 heavy (non-hydrogen) atoms. The first kappa shape index (κ1) is 23.4. The van der Waals surface area contributed by atoms with Crippen LogP contribution in [0, 0.1) is 18.8 Å². The summed E-state index contributed by atoms with van der Waals surface area (Å²) in [7, 11) is -7.91. The SMILES string of the molecule is Cc1ccc(CN2C(=O)[C@@H]3CCCC[C@H]3C2=O)cc1S(=O)(=O)Nc1ccc(S(N)(=O)=O)cc1. The smallest absolute Gasteiger partial charge is 0.262 e. The maximum atomic E-state index is 13.0. The molecule has 2 aromatic carbocycles. The lowest BCUT2D eigenvalue weighted by Gasteiger charge is -2.19. The highest BCUT2D eigenvalue weighted by Crippen LogP contribution is 2.38. The van der Waals surface area contributed by atoms with Crippen molar-refractivity contribution in [2.75, 3.05) is 4.72 Å². The molecule has 0 bridgehead atoms. The first-order valence-electron chi connectivity index (χ1n) is 10.6. The molecule has 2 atom stereocenters. The maximum Gasteiger partial charge on any atom is 0.262 e. The lowest BCUT2D eigenvalue weighted by atomic mass is 9.81. The van der Waals surface area contributed by atoms with Crippen LogP contribution >= 0.6 is 0 Å². The Hall–Kier alpha value is -2.76. The number of primary sulfonamides is 1. The highest BCUT2D eigenvalue weighted by atomic mass is 32.2. The molecule has 11 heteroatoms. The number of hydrogen-bond donors (Lipinski definition) is 2. The number of nitrogens with one attached hydrogen (secondary N) is 1. The van der Waals surface area contributed by atoms with Crippen LogP contribution in [0.15, 0.2) is 52.3 Å². The van der Waals surface area contributed by atoms with Crippen LogP contribution < -0.4 is 9.86 Å². The van der Waals surface area contributed by atoms with Crippen molar-refractivity contribution in [3.05, 3.63) is 53.6 Å². The first-order valence-corrected chi connectivity index (χ1v) is 13.6. The number of fused-ring (bicyclic) bond motifs is 1. The standard InChI is InChI=1S/C22H25N3O6S2/c1-14-6-7-15(13-25-21(26)18-4-2-3-5-19(18)22(25)27)12-20(14)33(30,31)24-16-8-10-17(11-9-16)32(23,28)29/h6-12,18-19,24H,2-5,13H2,1H3,(H2,23,28,29)/t18-,19-/m1/s1. The fourth-order valence-electron chi connectivity index (χ4n) is 4.52. The number of hydrogen-bond acceptors (Lipinski definition) is 6. The van der Waals surface area contributed by atoms with Crippen molar-refractivity contribution in [1.29, 1.82) is 0 Å². The summed E-state index contributed by atoms with van der Waals surface area (Å²) in [6.07, 6.45) is 3.30. The number of aryl methyl sites for hydroxylation is 1. The fourth-order valence-corrected chi connectivity index (χ4v) is 6.39. The molecule has 1 saturated carbocycles. The van der Waals surface area contributed by atoms with Crippen molar-refractivity contribution >= 4 is 37.5 Å². The Labute approximate surface area is 193 Å². The number of benzene rings is 2. The van der Waals surface area contributed by atoms with E-state index in [0.29, 0.717) is 24.0 Å². The third-order valence-corrected chi connectivity index (χ3v) is 8.70. The van der Waals surface area contributed by atoms with Gasteiger partial charge in [0.2, 0.25) is 21.8 Å². The van der Waals surface area contributed by atoms with Gasteiger partial charge in [0, 0.05) is 5.69 Å². The largest absolute Gasteiger partial charge is 0.280 e. The van der Waals surface area contributed by atoms with E-state index in [2.05, 4.69) is 4.72 Å². The van der Waals surface area contributed by atoms with Gasteiger partial charge in [0.25, 0.3) is 10.0 Å². The Bertz CT molecular complexity index is 1300. The highest BCUT2D eigenvalue weighted by Gasteiger charge is 2.47. The fraction of sp³-hybridized carbons (Fsp3) is 0.364. The second kappa shape index (κ2) is 8.54. The molecule has 0 unspecified atom stereocenters. The minimum Gasteiger partial charge on any atom is -0.280 e. The van der Waals surface area contributed by atoms with E-state index in [-0.39, 0.29) is 45.7 Å². The van der Waals surface area contributed by atoms with E-state index >= 15 is 0 Å². The Balaban J connectivity index is 1.56. The zero-order valence-corrected chi connectivity index (χ0v) is 19.7.